The first-order valence-corrected chi connectivity index (χ1v) is 10.4. The molecule has 0 radical (unpaired) electrons. The standard InChI is InChI=1S/C23H20F3N5O3/c1-13(32)17-11-19(31-10-2-3-18(31)21(27)33)30-22(29-17)14-4-7-16(8-5-14)34-20-9-6-15(12-28-20)23(24,25)26/h4-9,11-12,18H,2-3,10H2,1H3,(H2,27,33)/t18-/m0/s1. The van der Waals surface area contributed by atoms with Crippen molar-refractivity contribution in [1.29, 1.82) is 0 Å². The van der Waals surface area contributed by atoms with Gasteiger partial charge < -0.3 is 15.4 Å². The molecule has 0 spiro atoms. The van der Waals surface area contributed by atoms with Gasteiger partial charge in [0.2, 0.25) is 11.8 Å². The normalized spacial score (nSPS) is 15.9. The molecule has 1 aliphatic heterocycles. The SMILES string of the molecule is CC(=O)c1cc(N2CCC[C@H]2C(N)=O)nc(-c2ccc(Oc3ccc(C(F)(F)F)cn3)cc2)n1. The van der Waals surface area contributed by atoms with E-state index in [4.69, 9.17) is 10.5 Å². The van der Waals surface area contributed by atoms with Crippen molar-refractivity contribution in [2.75, 3.05) is 11.4 Å². The fourth-order valence-electron chi connectivity index (χ4n) is 3.63. The number of primary amides is 1. The van der Waals surface area contributed by atoms with Crippen molar-refractivity contribution in [3.8, 4) is 23.0 Å². The Morgan fingerprint density at radius 3 is 2.44 bits per heavy atom. The number of nitrogens with two attached hydrogens (primary N) is 1. The van der Waals surface area contributed by atoms with Crippen molar-refractivity contribution in [2.24, 2.45) is 5.73 Å². The van der Waals surface area contributed by atoms with E-state index >= 15 is 0 Å². The van der Waals surface area contributed by atoms with Crippen LogP contribution in [0.15, 0.2) is 48.7 Å². The van der Waals surface area contributed by atoms with Crippen LogP contribution in [0.2, 0.25) is 0 Å². The first-order valence-electron chi connectivity index (χ1n) is 10.4. The molecule has 1 fully saturated rings. The largest absolute Gasteiger partial charge is 0.439 e. The molecule has 2 N–H and O–H groups in total. The third-order valence-electron chi connectivity index (χ3n) is 5.35. The van der Waals surface area contributed by atoms with Crippen molar-refractivity contribution in [3.63, 3.8) is 0 Å². The van der Waals surface area contributed by atoms with Crippen LogP contribution in [-0.2, 0) is 11.0 Å². The maximum absolute atomic E-state index is 12.7. The number of hydrogen-bond acceptors (Lipinski definition) is 7. The summed E-state index contributed by atoms with van der Waals surface area (Å²) in [5, 5.41) is 0. The summed E-state index contributed by atoms with van der Waals surface area (Å²) in [7, 11) is 0. The van der Waals surface area contributed by atoms with E-state index in [0.717, 1.165) is 18.6 Å². The average Bonchev–Trinajstić information content (AvgIpc) is 3.29. The van der Waals surface area contributed by atoms with Crippen LogP contribution < -0.4 is 15.4 Å². The number of anilines is 1. The Kier molecular flexibility index (Phi) is 6.18. The molecule has 0 aliphatic carbocycles. The number of hydrogen-bond donors (Lipinski definition) is 1. The van der Waals surface area contributed by atoms with Crippen molar-refractivity contribution >= 4 is 17.5 Å². The van der Waals surface area contributed by atoms with Gasteiger partial charge in [0.1, 0.15) is 23.3 Å². The lowest BCUT2D eigenvalue weighted by atomic mass is 10.1. The number of carbonyl (C=O) groups is 2. The van der Waals surface area contributed by atoms with E-state index in [1.54, 1.807) is 35.2 Å². The van der Waals surface area contributed by atoms with Crippen LogP contribution in [0.25, 0.3) is 11.4 Å². The zero-order valence-electron chi connectivity index (χ0n) is 18.0. The van der Waals surface area contributed by atoms with Gasteiger partial charge in [0, 0.05) is 37.4 Å². The highest BCUT2D eigenvalue weighted by Gasteiger charge is 2.31. The lowest BCUT2D eigenvalue weighted by molar-refractivity contribution is -0.137. The number of ketones is 1. The minimum Gasteiger partial charge on any atom is -0.439 e. The molecule has 3 heterocycles. The number of pyridine rings is 1. The fraction of sp³-hybridized carbons (Fsp3) is 0.261. The second kappa shape index (κ2) is 9.08. The number of carbonyl (C=O) groups excluding carboxylic acids is 2. The fourth-order valence-corrected chi connectivity index (χ4v) is 3.63. The number of nitrogens with zero attached hydrogens (tertiary/aromatic N) is 4. The minimum absolute atomic E-state index is 0.00407. The van der Waals surface area contributed by atoms with Gasteiger partial charge in [-0.2, -0.15) is 13.2 Å². The van der Waals surface area contributed by atoms with Gasteiger partial charge in [0.25, 0.3) is 0 Å². The molecule has 1 aromatic carbocycles. The molecule has 34 heavy (non-hydrogen) atoms. The van der Waals surface area contributed by atoms with E-state index in [1.807, 2.05) is 0 Å². The van der Waals surface area contributed by atoms with E-state index in [9.17, 15) is 22.8 Å². The number of benzene rings is 1. The van der Waals surface area contributed by atoms with E-state index in [0.29, 0.717) is 36.3 Å². The number of alkyl halides is 3. The molecular formula is C23H20F3N5O3. The summed E-state index contributed by atoms with van der Waals surface area (Å²) in [5.41, 5.74) is 5.42. The molecule has 11 heteroatoms. The molecule has 4 rings (SSSR count). The second-order valence-electron chi connectivity index (χ2n) is 7.75. The van der Waals surface area contributed by atoms with Gasteiger partial charge in [-0.15, -0.1) is 0 Å². The lowest BCUT2D eigenvalue weighted by Gasteiger charge is -2.24. The molecule has 2 aromatic heterocycles. The maximum atomic E-state index is 12.7. The Morgan fingerprint density at radius 1 is 1.12 bits per heavy atom. The highest BCUT2D eigenvalue weighted by Crippen LogP contribution is 2.31. The van der Waals surface area contributed by atoms with Crippen LogP contribution >= 0.6 is 0 Å². The maximum Gasteiger partial charge on any atom is 0.417 e. The van der Waals surface area contributed by atoms with Gasteiger partial charge >= 0.3 is 6.18 Å². The van der Waals surface area contributed by atoms with Crippen LogP contribution in [0.4, 0.5) is 19.0 Å². The Balaban J connectivity index is 1.59. The van der Waals surface area contributed by atoms with Crippen LogP contribution in [0.1, 0.15) is 35.8 Å². The number of ether oxygens (including phenoxy) is 1. The Bertz CT molecular complexity index is 1210. The van der Waals surface area contributed by atoms with Gasteiger partial charge in [-0.25, -0.2) is 15.0 Å². The summed E-state index contributed by atoms with van der Waals surface area (Å²) in [6, 6.07) is 9.52. The molecule has 0 saturated carbocycles. The van der Waals surface area contributed by atoms with Crippen molar-refractivity contribution < 1.29 is 27.5 Å². The molecule has 1 amide bonds. The third kappa shape index (κ3) is 4.98. The molecule has 3 aromatic rings. The second-order valence-corrected chi connectivity index (χ2v) is 7.75. The van der Waals surface area contributed by atoms with Gasteiger partial charge in [-0.1, -0.05) is 0 Å². The van der Waals surface area contributed by atoms with E-state index in [2.05, 4.69) is 15.0 Å². The summed E-state index contributed by atoms with van der Waals surface area (Å²) >= 11 is 0. The molecular weight excluding hydrogens is 451 g/mol. The molecule has 1 atom stereocenters. The van der Waals surface area contributed by atoms with E-state index in [1.165, 1.54) is 6.92 Å². The van der Waals surface area contributed by atoms with Crippen molar-refractivity contribution in [2.45, 2.75) is 32.0 Å². The summed E-state index contributed by atoms with van der Waals surface area (Å²) in [5.74, 6) is 0.341. The summed E-state index contributed by atoms with van der Waals surface area (Å²) in [4.78, 5) is 38.2. The van der Waals surface area contributed by atoms with Crippen LogP contribution in [0.3, 0.4) is 0 Å². The van der Waals surface area contributed by atoms with Gasteiger partial charge in [0.15, 0.2) is 11.6 Å². The summed E-state index contributed by atoms with van der Waals surface area (Å²) in [6.07, 6.45) is -2.41. The lowest BCUT2D eigenvalue weighted by Crippen LogP contribution is -2.40. The predicted molar refractivity (Wildman–Crippen MR) is 116 cm³/mol. The Labute approximate surface area is 192 Å². The van der Waals surface area contributed by atoms with E-state index < -0.39 is 23.7 Å². The number of halogens is 3. The van der Waals surface area contributed by atoms with Crippen molar-refractivity contribution in [3.05, 3.63) is 59.9 Å². The Morgan fingerprint density at radius 2 is 1.85 bits per heavy atom. The summed E-state index contributed by atoms with van der Waals surface area (Å²) in [6.45, 7) is 1.97. The Hall–Kier alpha value is -4.02. The highest BCUT2D eigenvalue weighted by atomic mass is 19.4. The van der Waals surface area contributed by atoms with Crippen molar-refractivity contribution in [1.82, 2.24) is 15.0 Å². The molecule has 0 unspecified atom stereocenters. The molecule has 176 valence electrons. The quantitative estimate of drug-likeness (QED) is 0.541. The number of aromatic nitrogens is 3. The number of Topliss-reactive ketones (excluding diaryl/α,β-unsaturated/α-hetero) is 1. The number of amides is 1. The number of rotatable bonds is 6. The van der Waals surface area contributed by atoms with Crippen LogP contribution in [0.5, 0.6) is 11.6 Å². The highest BCUT2D eigenvalue weighted by molar-refractivity contribution is 5.93. The monoisotopic (exact) mass is 471 g/mol. The molecule has 1 saturated heterocycles. The van der Waals surface area contributed by atoms with Gasteiger partial charge in [-0.05, 0) is 43.2 Å². The molecule has 1 aliphatic rings. The molecule has 8 nitrogen and oxygen atoms in total. The minimum atomic E-state index is -4.48. The average molecular weight is 471 g/mol. The summed E-state index contributed by atoms with van der Waals surface area (Å²) < 4.78 is 43.5. The zero-order chi connectivity index (χ0) is 24.5. The molecule has 0 bridgehead atoms. The first kappa shape index (κ1) is 23.1. The smallest absolute Gasteiger partial charge is 0.417 e. The topological polar surface area (TPSA) is 111 Å². The third-order valence-corrected chi connectivity index (χ3v) is 5.35. The van der Waals surface area contributed by atoms with E-state index in [-0.39, 0.29) is 23.2 Å². The zero-order valence-corrected chi connectivity index (χ0v) is 18.0. The first-order chi connectivity index (χ1) is 16.1. The van der Waals surface area contributed by atoms with Crippen LogP contribution in [-0.4, -0.2) is 39.2 Å². The van der Waals surface area contributed by atoms with Gasteiger partial charge in [-0.3, -0.25) is 9.59 Å². The predicted octanol–water partition coefficient (Wildman–Crippen LogP) is 4.01. The van der Waals surface area contributed by atoms with Gasteiger partial charge in [0.05, 0.1) is 5.56 Å². The van der Waals surface area contributed by atoms with Crippen LogP contribution in [0, 0.1) is 0 Å².